The van der Waals surface area contributed by atoms with Crippen molar-refractivity contribution in [2.24, 2.45) is 5.92 Å². The molecule has 2 aliphatic rings. The molecule has 1 saturated heterocycles. The van der Waals surface area contributed by atoms with Crippen LogP contribution in [-0.4, -0.2) is 44.8 Å². The minimum absolute atomic E-state index is 0.651. The highest BCUT2D eigenvalue weighted by molar-refractivity contribution is 5.43. The third-order valence-electron chi connectivity index (χ3n) is 4.09. The van der Waals surface area contributed by atoms with Gasteiger partial charge in [0.05, 0.1) is 0 Å². The molecule has 0 radical (unpaired) electrons. The molecule has 110 valence electrons. The molecule has 0 amide bonds. The molecule has 4 heteroatoms. The Balaban J connectivity index is 1.48. The second-order valence-electron chi connectivity index (χ2n) is 5.88. The summed E-state index contributed by atoms with van der Waals surface area (Å²) in [7, 11) is 2.22. The summed E-state index contributed by atoms with van der Waals surface area (Å²) in [4.78, 5) is 2.43. The van der Waals surface area contributed by atoms with Crippen molar-refractivity contribution in [2.75, 3.05) is 39.9 Å². The third-order valence-corrected chi connectivity index (χ3v) is 4.09. The minimum Gasteiger partial charge on any atom is -0.486 e. The van der Waals surface area contributed by atoms with Gasteiger partial charge in [0.15, 0.2) is 11.5 Å². The van der Waals surface area contributed by atoms with Crippen molar-refractivity contribution in [1.82, 2.24) is 10.2 Å². The fraction of sp³-hybridized carbons (Fsp3) is 0.625. The van der Waals surface area contributed by atoms with Crippen LogP contribution in [-0.2, 0) is 6.54 Å². The monoisotopic (exact) mass is 276 g/mol. The maximum atomic E-state index is 5.62. The Hall–Kier alpha value is -1.26. The number of likely N-dealkylation sites (tertiary alicyclic amines) is 1. The third kappa shape index (κ3) is 3.44. The van der Waals surface area contributed by atoms with Crippen LogP contribution in [0.4, 0.5) is 0 Å². The molecule has 0 saturated carbocycles. The lowest BCUT2D eigenvalue weighted by Crippen LogP contribution is -2.37. The zero-order valence-electron chi connectivity index (χ0n) is 12.2. The van der Waals surface area contributed by atoms with Crippen LogP contribution in [0.1, 0.15) is 18.4 Å². The van der Waals surface area contributed by atoms with Gasteiger partial charge < -0.3 is 19.7 Å². The lowest BCUT2D eigenvalue weighted by atomic mass is 9.98. The smallest absolute Gasteiger partial charge is 0.161 e. The van der Waals surface area contributed by atoms with E-state index in [0.717, 1.165) is 30.5 Å². The van der Waals surface area contributed by atoms with Crippen LogP contribution in [0.15, 0.2) is 18.2 Å². The molecule has 0 unspecified atom stereocenters. The van der Waals surface area contributed by atoms with E-state index < -0.39 is 0 Å². The average Bonchev–Trinajstić information content (AvgIpc) is 2.47. The van der Waals surface area contributed by atoms with Crippen molar-refractivity contribution in [3.05, 3.63) is 23.8 Å². The van der Waals surface area contributed by atoms with E-state index in [9.17, 15) is 0 Å². The van der Waals surface area contributed by atoms with Crippen molar-refractivity contribution in [3.63, 3.8) is 0 Å². The fourth-order valence-corrected chi connectivity index (χ4v) is 3.06. The van der Waals surface area contributed by atoms with Crippen LogP contribution in [0, 0.1) is 5.92 Å². The Morgan fingerprint density at radius 3 is 2.95 bits per heavy atom. The van der Waals surface area contributed by atoms with E-state index in [1.54, 1.807) is 0 Å². The first kappa shape index (κ1) is 13.7. The van der Waals surface area contributed by atoms with Gasteiger partial charge in [0.25, 0.3) is 0 Å². The first-order chi connectivity index (χ1) is 9.81. The number of nitrogens with zero attached hydrogens (tertiary/aromatic N) is 1. The standard InChI is InChI=1S/C16H24N2O2/c1-18-6-2-3-14(12-18)11-17-10-13-4-5-15-16(9-13)20-8-7-19-15/h4-5,9,14,17H,2-3,6-8,10-12H2,1H3/t14-/m0/s1. The molecule has 0 aliphatic carbocycles. The van der Waals surface area contributed by atoms with Gasteiger partial charge in [-0.3, -0.25) is 0 Å². The Labute approximate surface area is 121 Å². The van der Waals surface area contributed by atoms with Gasteiger partial charge in [-0.15, -0.1) is 0 Å². The first-order valence-electron chi connectivity index (χ1n) is 7.59. The van der Waals surface area contributed by atoms with E-state index in [2.05, 4.69) is 29.4 Å². The molecule has 1 atom stereocenters. The van der Waals surface area contributed by atoms with Crippen molar-refractivity contribution < 1.29 is 9.47 Å². The Kier molecular flexibility index (Phi) is 4.43. The second-order valence-corrected chi connectivity index (χ2v) is 5.88. The van der Waals surface area contributed by atoms with E-state index in [1.807, 2.05) is 6.07 Å². The van der Waals surface area contributed by atoms with Gasteiger partial charge in [-0.2, -0.15) is 0 Å². The van der Waals surface area contributed by atoms with E-state index in [-0.39, 0.29) is 0 Å². The quantitative estimate of drug-likeness (QED) is 0.910. The number of nitrogens with one attached hydrogen (secondary N) is 1. The number of rotatable bonds is 4. The maximum Gasteiger partial charge on any atom is 0.161 e. The molecule has 1 fully saturated rings. The van der Waals surface area contributed by atoms with Crippen LogP contribution in [0.3, 0.4) is 0 Å². The van der Waals surface area contributed by atoms with E-state index in [1.165, 1.54) is 31.5 Å². The van der Waals surface area contributed by atoms with Crippen LogP contribution >= 0.6 is 0 Å². The highest BCUT2D eigenvalue weighted by Crippen LogP contribution is 2.30. The molecule has 1 aromatic carbocycles. The summed E-state index contributed by atoms with van der Waals surface area (Å²) in [5.41, 5.74) is 1.26. The molecule has 4 nitrogen and oxygen atoms in total. The minimum atomic E-state index is 0.651. The zero-order chi connectivity index (χ0) is 13.8. The lowest BCUT2D eigenvalue weighted by molar-refractivity contribution is 0.171. The summed E-state index contributed by atoms with van der Waals surface area (Å²) < 4.78 is 11.2. The molecule has 3 rings (SSSR count). The summed E-state index contributed by atoms with van der Waals surface area (Å²) in [6, 6.07) is 6.22. The van der Waals surface area contributed by atoms with Gasteiger partial charge in [-0.25, -0.2) is 0 Å². The van der Waals surface area contributed by atoms with Gasteiger partial charge in [0, 0.05) is 13.1 Å². The van der Waals surface area contributed by atoms with Crippen molar-refractivity contribution >= 4 is 0 Å². The van der Waals surface area contributed by atoms with Gasteiger partial charge >= 0.3 is 0 Å². The molecule has 0 aromatic heterocycles. The highest BCUT2D eigenvalue weighted by Gasteiger charge is 2.16. The summed E-state index contributed by atoms with van der Waals surface area (Å²) in [6.07, 6.45) is 2.67. The number of hydrogen-bond donors (Lipinski definition) is 1. The van der Waals surface area contributed by atoms with Crippen LogP contribution < -0.4 is 14.8 Å². The van der Waals surface area contributed by atoms with Gasteiger partial charge in [0.1, 0.15) is 13.2 Å². The topological polar surface area (TPSA) is 33.7 Å². The summed E-state index contributed by atoms with van der Waals surface area (Å²) in [5.74, 6) is 2.54. The molecule has 0 bridgehead atoms. The van der Waals surface area contributed by atoms with Gasteiger partial charge in [0.2, 0.25) is 0 Å². The van der Waals surface area contributed by atoms with Crippen LogP contribution in [0.25, 0.3) is 0 Å². The number of fused-ring (bicyclic) bond motifs is 1. The summed E-state index contributed by atoms with van der Waals surface area (Å²) in [5, 5.41) is 3.58. The van der Waals surface area contributed by atoms with E-state index >= 15 is 0 Å². The molecule has 1 aromatic rings. The first-order valence-corrected chi connectivity index (χ1v) is 7.59. The Morgan fingerprint density at radius 1 is 1.25 bits per heavy atom. The Bertz CT molecular complexity index is 450. The van der Waals surface area contributed by atoms with Gasteiger partial charge in [-0.1, -0.05) is 6.07 Å². The number of benzene rings is 1. The SMILES string of the molecule is CN1CCC[C@@H](CNCc2ccc3c(c2)OCCO3)C1. The lowest BCUT2D eigenvalue weighted by Gasteiger charge is -2.29. The van der Waals surface area contributed by atoms with Crippen molar-refractivity contribution in [3.8, 4) is 11.5 Å². The highest BCUT2D eigenvalue weighted by atomic mass is 16.6. The number of piperidine rings is 1. The molecular formula is C16H24N2O2. The fourth-order valence-electron chi connectivity index (χ4n) is 3.06. The van der Waals surface area contributed by atoms with Crippen LogP contribution in [0.2, 0.25) is 0 Å². The van der Waals surface area contributed by atoms with Gasteiger partial charge in [-0.05, 0) is 56.6 Å². The van der Waals surface area contributed by atoms with Crippen molar-refractivity contribution in [1.29, 1.82) is 0 Å². The molecule has 20 heavy (non-hydrogen) atoms. The van der Waals surface area contributed by atoms with Crippen molar-refractivity contribution in [2.45, 2.75) is 19.4 Å². The molecule has 2 heterocycles. The largest absolute Gasteiger partial charge is 0.486 e. The predicted octanol–water partition coefficient (Wildman–Crippen LogP) is 1.89. The molecular weight excluding hydrogens is 252 g/mol. The number of hydrogen-bond acceptors (Lipinski definition) is 4. The van der Waals surface area contributed by atoms with E-state index in [4.69, 9.17) is 9.47 Å². The summed E-state index contributed by atoms with van der Waals surface area (Å²) in [6.45, 7) is 5.76. The molecule has 0 spiro atoms. The summed E-state index contributed by atoms with van der Waals surface area (Å²) >= 11 is 0. The molecule has 2 aliphatic heterocycles. The maximum absolute atomic E-state index is 5.62. The van der Waals surface area contributed by atoms with Crippen LogP contribution in [0.5, 0.6) is 11.5 Å². The zero-order valence-corrected chi connectivity index (χ0v) is 12.2. The predicted molar refractivity (Wildman–Crippen MR) is 79.4 cm³/mol. The normalized spacial score (nSPS) is 22.8. The van der Waals surface area contributed by atoms with E-state index in [0.29, 0.717) is 13.2 Å². The second kappa shape index (κ2) is 6.46. The Morgan fingerprint density at radius 2 is 2.10 bits per heavy atom. The average molecular weight is 276 g/mol. The molecule has 1 N–H and O–H groups in total. The number of ether oxygens (including phenoxy) is 2.